The number of anilines is 1. The molecule has 0 spiro atoms. The number of nitrogens with zero attached hydrogens (tertiary/aromatic N) is 4. The van der Waals surface area contributed by atoms with E-state index in [4.69, 9.17) is 19.5 Å². The lowest BCUT2D eigenvalue weighted by molar-refractivity contribution is -0.0484. The third-order valence-corrected chi connectivity index (χ3v) is 9.51. The number of rotatable bonds is 10. The highest BCUT2D eigenvalue weighted by atomic mass is 31.2. The van der Waals surface area contributed by atoms with Crippen LogP contribution in [0.4, 0.5) is 5.82 Å². The second kappa shape index (κ2) is 9.86. The normalized spacial score (nSPS) is 28.0. The molecule has 17 heteroatoms. The lowest BCUT2D eigenvalue weighted by atomic mass is 9.89. The molecule has 0 amide bonds. The summed E-state index contributed by atoms with van der Waals surface area (Å²) in [5.41, 5.74) is 5.35. The highest BCUT2D eigenvalue weighted by Gasteiger charge is 2.46. The van der Waals surface area contributed by atoms with E-state index in [1.165, 1.54) is 24.1 Å². The van der Waals surface area contributed by atoms with Gasteiger partial charge in [-0.2, -0.15) is 0 Å². The molecule has 0 aromatic carbocycles. The molecule has 2 aromatic rings. The predicted molar refractivity (Wildman–Crippen MR) is 118 cm³/mol. The number of aliphatic hydroxyl groups excluding tert-OH is 3. The molecule has 3 rings (SSSR count). The summed E-state index contributed by atoms with van der Waals surface area (Å²) < 4.78 is 41.4. The van der Waals surface area contributed by atoms with Crippen molar-refractivity contribution in [2.24, 2.45) is 5.41 Å². The third kappa shape index (κ3) is 6.00. The lowest BCUT2D eigenvalue weighted by Gasteiger charge is -2.28. The molecule has 1 aliphatic rings. The molecule has 15 nitrogen and oxygen atoms in total. The second-order valence-corrected chi connectivity index (χ2v) is 13.0. The van der Waals surface area contributed by atoms with Crippen LogP contribution in [0.3, 0.4) is 0 Å². The monoisotopic (exact) mass is 525 g/mol. The van der Waals surface area contributed by atoms with Crippen molar-refractivity contribution in [1.82, 2.24) is 19.5 Å². The van der Waals surface area contributed by atoms with E-state index in [0.717, 1.165) is 0 Å². The van der Waals surface area contributed by atoms with Gasteiger partial charge in [0.15, 0.2) is 23.6 Å². The topological polar surface area (TPSA) is 233 Å². The fourth-order valence-electron chi connectivity index (χ4n) is 3.04. The van der Waals surface area contributed by atoms with Crippen LogP contribution in [0.1, 0.15) is 27.0 Å². The summed E-state index contributed by atoms with van der Waals surface area (Å²) in [5.74, 6) is -1.11. The Morgan fingerprint density at radius 2 is 1.82 bits per heavy atom. The third-order valence-electron chi connectivity index (χ3n) is 5.57. The average Bonchev–Trinajstić information content (AvgIpc) is 3.27. The molecule has 1 fully saturated rings. The molecule has 7 N–H and O–H groups in total. The van der Waals surface area contributed by atoms with Crippen LogP contribution in [0.5, 0.6) is 0 Å². The minimum absolute atomic E-state index is 0.102. The number of aromatic nitrogens is 4. The van der Waals surface area contributed by atoms with Gasteiger partial charge < -0.3 is 44.6 Å². The molecule has 1 saturated heterocycles. The minimum atomic E-state index is -4.67. The van der Waals surface area contributed by atoms with Crippen LogP contribution in [0.25, 0.3) is 11.2 Å². The zero-order valence-electron chi connectivity index (χ0n) is 18.7. The van der Waals surface area contributed by atoms with Crippen molar-refractivity contribution in [2.45, 2.75) is 51.4 Å². The average molecular weight is 525 g/mol. The Hall–Kier alpha value is -1.51. The Morgan fingerprint density at radius 3 is 2.47 bits per heavy atom. The van der Waals surface area contributed by atoms with Gasteiger partial charge in [-0.1, -0.05) is 13.8 Å². The van der Waals surface area contributed by atoms with Gasteiger partial charge in [-0.3, -0.25) is 13.7 Å². The van der Waals surface area contributed by atoms with Crippen LogP contribution in [0.2, 0.25) is 0 Å². The van der Waals surface area contributed by atoms with Crippen molar-refractivity contribution in [3.63, 3.8) is 0 Å². The van der Waals surface area contributed by atoms with E-state index in [0.29, 0.717) is 0 Å². The van der Waals surface area contributed by atoms with E-state index < -0.39 is 63.8 Å². The van der Waals surface area contributed by atoms with Gasteiger partial charge in [0.1, 0.15) is 30.2 Å². The Balaban J connectivity index is 1.62. The molecule has 34 heavy (non-hydrogen) atoms. The van der Waals surface area contributed by atoms with Gasteiger partial charge in [0.05, 0.1) is 25.6 Å². The highest BCUT2D eigenvalue weighted by Crippen LogP contribution is 2.59. The number of fused-ring (bicyclic) bond motifs is 1. The molecular formula is C17H29N5O10P2. The number of nitrogen functional groups attached to an aromatic ring is 1. The zero-order chi connectivity index (χ0) is 25.5. The number of nitrogens with two attached hydrogens (primary N) is 1. The van der Waals surface area contributed by atoms with E-state index >= 15 is 0 Å². The minimum Gasteiger partial charge on any atom is -0.393 e. The molecule has 0 aliphatic carbocycles. The van der Waals surface area contributed by atoms with Crippen LogP contribution in [0, 0.1) is 5.41 Å². The summed E-state index contributed by atoms with van der Waals surface area (Å²) >= 11 is 0. The first kappa shape index (κ1) is 27.1. The largest absolute Gasteiger partial charge is 0.393 e. The van der Waals surface area contributed by atoms with Crippen molar-refractivity contribution in [1.29, 1.82) is 0 Å². The summed E-state index contributed by atoms with van der Waals surface area (Å²) in [6.45, 7) is 3.65. The van der Waals surface area contributed by atoms with Gasteiger partial charge in [0, 0.05) is 5.41 Å². The maximum absolute atomic E-state index is 12.4. The quantitative estimate of drug-likeness (QED) is 0.221. The van der Waals surface area contributed by atoms with Crippen LogP contribution < -0.4 is 5.73 Å². The molecule has 0 bridgehead atoms. The summed E-state index contributed by atoms with van der Waals surface area (Å²) in [7, 11) is -9.24. The predicted octanol–water partition coefficient (Wildman–Crippen LogP) is -0.204. The van der Waals surface area contributed by atoms with Gasteiger partial charge in [0.25, 0.3) is 0 Å². The molecule has 3 heterocycles. The summed E-state index contributed by atoms with van der Waals surface area (Å²) in [4.78, 5) is 31.9. The van der Waals surface area contributed by atoms with Crippen molar-refractivity contribution < 1.29 is 48.0 Å². The van der Waals surface area contributed by atoms with E-state index in [1.54, 1.807) is 13.8 Å². The summed E-state index contributed by atoms with van der Waals surface area (Å²) in [5, 5.41) is 30.4. The van der Waals surface area contributed by atoms with Crippen LogP contribution in [-0.2, 0) is 22.9 Å². The smallest absolute Gasteiger partial charge is 0.340 e. The fraction of sp³-hybridized carbons (Fsp3) is 0.706. The van der Waals surface area contributed by atoms with E-state index in [9.17, 15) is 34.2 Å². The van der Waals surface area contributed by atoms with Crippen molar-refractivity contribution >= 4 is 32.2 Å². The fourth-order valence-corrected chi connectivity index (χ4v) is 6.41. The first-order chi connectivity index (χ1) is 15.6. The molecule has 7 unspecified atom stereocenters. The zero-order valence-corrected chi connectivity index (χ0v) is 20.5. The molecule has 2 aromatic heterocycles. The first-order valence-electron chi connectivity index (χ1n) is 10.2. The van der Waals surface area contributed by atoms with Gasteiger partial charge >= 0.3 is 15.2 Å². The van der Waals surface area contributed by atoms with Crippen molar-refractivity contribution in [3.8, 4) is 0 Å². The van der Waals surface area contributed by atoms with Crippen LogP contribution in [-0.4, -0.2) is 88.2 Å². The van der Waals surface area contributed by atoms with E-state index in [-0.39, 0.29) is 23.6 Å². The molecule has 0 radical (unpaired) electrons. The number of aliphatic hydroxyl groups is 3. The Morgan fingerprint density at radius 1 is 1.18 bits per heavy atom. The Bertz CT molecular complexity index is 1110. The Kier molecular flexibility index (Phi) is 7.85. The summed E-state index contributed by atoms with van der Waals surface area (Å²) in [6, 6.07) is 0. The maximum atomic E-state index is 12.4. The standard InChI is InChI=1S/C17H29N5O10P2/c1-9(23)17(2,3)5-31-34(28,29)8-33(26,27)30-4-10-12(24)13(25)16(32-10)22-7-21-11-14(18)19-6-20-15(11)22/h6-7,9-10,12-13,16,23-25H,4-5,8H2,1-3H3,(H,26,27)(H,28,29)(H2,18,19,20). The number of ether oxygens (including phenoxy) is 1. The highest BCUT2D eigenvalue weighted by molar-refractivity contribution is 7.70. The van der Waals surface area contributed by atoms with Gasteiger partial charge in [-0.25, -0.2) is 15.0 Å². The molecule has 7 atom stereocenters. The van der Waals surface area contributed by atoms with Gasteiger partial charge in [-0.05, 0) is 6.92 Å². The first-order valence-corrected chi connectivity index (χ1v) is 13.7. The molecule has 0 saturated carbocycles. The molecular weight excluding hydrogens is 496 g/mol. The summed E-state index contributed by atoms with van der Waals surface area (Å²) in [6.07, 6.45) is -3.82. The van der Waals surface area contributed by atoms with E-state index in [2.05, 4.69) is 15.0 Å². The van der Waals surface area contributed by atoms with Crippen molar-refractivity contribution in [2.75, 3.05) is 24.9 Å². The number of imidazole rings is 1. The van der Waals surface area contributed by atoms with E-state index in [1.807, 2.05) is 0 Å². The lowest BCUT2D eigenvalue weighted by Crippen LogP contribution is -2.33. The van der Waals surface area contributed by atoms with Gasteiger partial charge in [-0.15, -0.1) is 0 Å². The van der Waals surface area contributed by atoms with Gasteiger partial charge in [0.2, 0.25) is 0 Å². The SMILES string of the molecule is CC(O)C(C)(C)COP(=O)(O)CP(=O)(O)OCC1OC(n2cnc3c(N)ncnc32)C(O)C1O. The molecule has 192 valence electrons. The van der Waals surface area contributed by atoms with Crippen molar-refractivity contribution in [3.05, 3.63) is 12.7 Å². The second-order valence-electron chi connectivity index (χ2n) is 8.78. The number of hydrogen-bond donors (Lipinski definition) is 6. The molecule has 1 aliphatic heterocycles. The Labute approximate surface area is 194 Å². The maximum Gasteiger partial charge on any atom is 0.340 e. The van der Waals surface area contributed by atoms with Crippen LogP contribution in [0.15, 0.2) is 12.7 Å². The van der Waals surface area contributed by atoms with Crippen LogP contribution >= 0.6 is 15.2 Å². The number of hydrogen-bond acceptors (Lipinski definition) is 12.